The Labute approximate surface area is 144 Å². The van der Waals surface area contributed by atoms with Gasteiger partial charge in [0.2, 0.25) is 0 Å². The predicted molar refractivity (Wildman–Crippen MR) is 81.8 cm³/mol. The summed E-state index contributed by atoms with van der Waals surface area (Å²) in [7, 11) is 0. The third-order valence-corrected chi connectivity index (χ3v) is 3.03. The summed E-state index contributed by atoms with van der Waals surface area (Å²) in [5, 5.41) is 8.49. The molecule has 0 aliphatic rings. The van der Waals surface area contributed by atoms with Crippen LogP contribution in [0, 0.1) is 0 Å². The van der Waals surface area contributed by atoms with E-state index in [9.17, 15) is 9.59 Å². The van der Waals surface area contributed by atoms with E-state index in [1.54, 1.807) is 0 Å². The van der Waals surface area contributed by atoms with Crippen molar-refractivity contribution in [1.29, 1.82) is 0 Å². The first-order chi connectivity index (χ1) is 9.20. The number of carbonyl (C=O) groups is 2. The van der Waals surface area contributed by atoms with Crippen molar-refractivity contribution in [2.75, 3.05) is 6.61 Å². The number of hydrogen-bond donors (Lipinski definition) is 1. The molecule has 5 heteroatoms. The number of esters is 2. The molecule has 0 aromatic carbocycles. The van der Waals surface area contributed by atoms with E-state index in [0.717, 1.165) is 19.3 Å². The Hall–Kier alpha value is 0.1000. The monoisotopic (exact) mass is 296 g/mol. The van der Waals surface area contributed by atoms with Crippen molar-refractivity contribution in [3.63, 3.8) is 0 Å². The second-order valence-corrected chi connectivity index (χ2v) is 4.90. The van der Waals surface area contributed by atoms with E-state index in [4.69, 9.17) is 5.11 Å². The number of aliphatic hydroxyl groups excluding tert-OH is 1. The fourth-order valence-corrected chi connectivity index (χ4v) is 1.90. The summed E-state index contributed by atoms with van der Waals surface area (Å²) in [4.78, 5) is 22.1. The summed E-state index contributed by atoms with van der Waals surface area (Å²) in [6.07, 6.45) is 10.9. The SMILES string of the molecule is CCCCCCCCCCCC(=O)OC(=O)CCO.[NaH]. The van der Waals surface area contributed by atoms with Crippen molar-refractivity contribution in [2.45, 2.75) is 77.6 Å². The molecule has 0 saturated heterocycles. The molecule has 0 bridgehead atoms. The molecule has 0 heterocycles. The molecule has 114 valence electrons. The number of carbonyl (C=O) groups excluding carboxylic acids is 2. The number of unbranched alkanes of at least 4 members (excludes halogenated alkanes) is 8. The van der Waals surface area contributed by atoms with E-state index < -0.39 is 11.9 Å². The van der Waals surface area contributed by atoms with E-state index in [-0.39, 0.29) is 42.6 Å². The van der Waals surface area contributed by atoms with Crippen molar-refractivity contribution >= 4 is 41.5 Å². The molecule has 0 rings (SSSR count). The van der Waals surface area contributed by atoms with Crippen LogP contribution < -0.4 is 0 Å². The zero-order valence-electron chi connectivity index (χ0n) is 12.2. The number of aliphatic hydroxyl groups is 1. The molecule has 0 spiro atoms. The van der Waals surface area contributed by atoms with Gasteiger partial charge in [-0.2, -0.15) is 0 Å². The van der Waals surface area contributed by atoms with Crippen LogP contribution in [0.5, 0.6) is 0 Å². The molecule has 1 N–H and O–H groups in total. The van der Waals surface area contributed by atoms with Crippen LogP contribution in [0.1, 0.15) is 77.6 Å². The first-order valence-electron chi connectivity index (χ1n) is 7.55. The van der Waals surface area contributed by atoms with Crippen LogP contribution in [-0.2, 0) is 14.3 Å². The Morgan fingerprint density at radius 1 is 0.800 bits per heavy atom. The molecule has 0 fully saturated rings. The minimum absolute atomic E-state index is 0. The van der Waals surface area contributed by atoms with Crippen LogP contribution in [0.25, 0.3) is 0 Å². The molecular weight excluding hydrogens is 267 g/mol. The van der Waals surface area contributed by atoms with Gasteiger partial charge >= 0.3 is 41.5 Å². The van der Waals surface area contributed by atoms with Gasteiger partial charge in [0, 0.05) is 6.42 Å². The number of ether oxygens (including phenoxy) is 1. The standard InChI is InChI=1S/C15H28O4.Na.H/c1-2-3-4-5-6-7-8-9-10-11-14(17)19-15(18)12-13-16;;/h16H,2-13H2,1H3;;. The summed E-state index contributed by atoms with van der Waals surface area (Å²) in [5.41, 5.74) is 0. The summed E-state index contributed by atoms with van der Waals surface area (Å²) in [6.45, 7) is 1.94. The van der Waals surface area contributed by atoms with Gasteiger partial charge < -0.3 is 9.84 Å². The molecule has 0 aliphatic heterocycles. The Bertz CT molecular complexity index is 244. The molecule has 4 nitrogen and oxygen atoms in total. The molecule has 0 aliphatic carbocycles. The molecule has 0 saturated carbocycles. The normalized spacial score (nSPS) is 9.90. The summed E-state index contributed by atoms with van der Waals surface area (Å²) in [6, 6.07) is 0. The zero-order chi connectivity index (χ0) is 14.3. The first kappa shape index (κ1) is 22.4. The van der Waals surface area contributed by atoms with Gasteiger partial charge in [-0.05, 0) is 6.42 Å². The minimum atomic E-state index is -0.636. The molecule has 0 atom stereocenters. The zero-order valence-corrected chi connectivity index (χ0v) is 12.2. The van der Waals surface area contributed by atoms with Crippen LogP contribution >= 0.6 is 0 Å². The van der Waals surface area contributed by atoms with Gasteiger partial charge in [0.1, 0.15) is 0 Å². The molecule has 20 heavy (non-hydrogen) atoms. The third-order valence-electron chi connectivity index (χ3n) is 3.03. The van der Waals surface area contributed by atoms with Gasteiger partial charge in [-0.1, -0.05) is 58.3 Å². The first-order valence-corrected chi connectivity index (χ1v) is 7.55. The van der Waals surface area contributed by atoms with Gasteiger partial charge in [0.05, 0.1) is 13.0 Å². The summed E-state index contributed by atoms with van der Waals surface area (Å²) >= 11 is 0. The third kappa shape index (κ3) is 16.2. The van der Waals surface area contributed by atoms with Crippen molar-refractivity contribution in [3.05, 3.63) is 0 Å². The molecular formula is C15H29NaO4. The quantitative estimate of drug-likeness (QED) is 0.260. The van der Waals surface area contributed by atoms with Crippen molar-refractivity contribution < 1.29 is 19.4 Å². The number of rotatable bonds is 12. The number of hydrogen-bond acceptors (Lipinski definition) is 4. The van der Waals surface area contributed by atoms with Gasteiger partial charge in [-0.25, -0.2) is 0 Å². The van der Waals surface area contributed by atoms with E-state index in [2.05, 4.69) is 11.7 Å². The van der Waals surface area contributed by atoms with Crippen molar-refractivity contribution in [1.82, 2.24) is 0 Å². The van der Waals surface area contributed by atoms with E-state index >= 15 is 0 Å². The van der Waals surface area contributed by atoms with Gasteiger partial charge in [-0.3, -0.25) is 9.59 Å². The van der Waals surface area contributed by atoms with Gasteiger partial charge in [-0.15, -0.1) is 0 Å². The fraction of sp³-hybridized carbons (Fsp3) is 0.867. The van der Waals surface area contributed by atoms with Crippen LogP contribution in [-0.4, -0.2) is 53.2 Å². The average Bonchev–Trinajstić information content (AvgIpc) is 2.37. The van der Waals surface area contributed by atoms with Crippen molar-refractivity contribution in [3.8, 4) is 0 Å². The Kier molecular flexibility index (Phi) is 19.2. The van der Waals surface area contributed by atoms with Crippen LogP contribution in [0.2, 0.25) is 0 Å². The maximum atomic E-state index is 11.2. The van der Waals surface area contributed by atoms with E-state index in [1.807, 2.05) is 0 Å². The Morgan fingerprint density at radius 3 is 1.75 bits per heavy atom. The maximum absolute atomic E-state index is 11.2. The fourth-order valence-electron chi connectivity index (χ4n) is 1.90. The second-order valence-electron chi connectivity index (χ2n) is 4.90. The molecule has 0 radical (unpaired) electrons. The molecule has 0 aromatic rings. The molecule has 0 amide bonds. The second kappa shape index (κ2) is 17.2. The predicted octanol–water partition coefficient (Wildman–Crippen LogP) is 2.71. The van der Waals surface area contributed by atoms with Crippen molar-refractivity contribution in [2.24, 2.45) is 0 Å². The van der Waals surface area contributed by atoms with Crippen LogP contribution in [0.3, 0.4) is 0 Å². The Balaban J connectivity index is 0. The Morgan fingerprint density at radius 2 is 1.25 bits per heavy atom. The van der Waals surface area contributed by atoms with Gasteiger partial charge in [0.15, 0.2) is 0 Å². The van der Waals surface area contributed by atoms with E-state index in [0.29, 0.717) is 6.42 Å². The van der Waals surface area contributed by atoms with Crippen LogP contribution in [0.15, 0.2) is 0 Å². The topological polar surface area (TPSA) is 63.6 Å². The van der Waals surface area contributed by atoms with Gasteiger partial charge in [0.25, 0.3) is 0 Å². The summed E-state index contributed by atoms with van der Waals surface area (Å²) < 4.78 is 4.52. The average molecular weight is 296 g/mol. The van der Waals surface area contributed by atoms with E-state index in [1.165, 1.54) is 38.5 Å². The molecule has 0 unspecified atom stereocenters. The summed E-state index contributed by atoms with van der Waals surface area (Å²) in [5.74, 6) is -1.11. The molecule has 0 aromatic heterocycles. The van der Waals surface area contributed by atoms with Crippen LogP contribution in [0.4, 0.5) is 0 Å².